The number of nitrogens with zero attached hydrogens (tertiary/aromatic N) is 1. The van der Waals surface area contributed by atoms with Gasteiger partial charge in [0.1, 0.15) is 6.04 Å². The molecule has 0 aromatic heterocycles. The number of hydrogen-bond donors (Lipinski definition) is 2. The first-order valence-corrected chi connectivity index (χ1v) is 8.53. The molecule has 1 atom stereocenters. The predicted octanol–water partition coefficient (Wildman–Crippen LogP) is 1.08. The van der Waals surface area contributed by atoms with Crippen molar-refractivity contribution in [3.8, 4) is 0 Å². The molecule has 7 heteroatoms. The van der Waals surface area contributed by atoms with Gasteiger partial charge in [0.05, 0.1) is 13.2 Å². The first-order chi connectivity index (χ1) is 12.0. The lowest BCUT2D eigenvalue weighted by molar-refractivity contribution is -0.150. The van der Waals surface area contributed by atoms with Crippen LogP contribution in [0.15, 0.2) is 30.3 Å². The third-order valence-corrected chi connectivity index (χ3v) is 4.05. The maximum Gasteiger partial charge on any atom is 0.323 e. The van der Waals surface area contributed by atoms with Gasteiger partial charge in [0.15, 0.2) is 0 Å². The van der Waals surface area contributed by atoms with Crippen LogP contribution in [0.5, 0.6) is 0 Å². The lowest BCUT2D eigenvalue weighted by Crippen LogP contribution is -2.51. The van der Waals surface area contributed by atoms with Crippen LogP contribution < -0.4 is 10.6 Å². The summed E-state index contributed by atoms with van der Waals surface area (Å²) in [6.45, 7) is 2.03. The number of ether oxygens (including phenoxy) is 1. The number of urea groups is 1. The van der Waals surface area contributed by atoms with Gasteiger partial charge in [0, 0.05) is 13.1 Å². The van der Waals surface area contributed by atoms with E-state index in [0.29, 0.717) is 6.42 Å². The largest absolute Gasteiger partial charge is 0.465 e. The van der Waals surface area contributed by atoms with Crippen molar-refractivity contribution in [2.75, 3.05) is 20.2 Å². The van der Waals surface area contributed by atoms with Crippen LogP contribution >= 0.6 is 0 Å². The lowest BCUT2D eigenvalue weighted by Gasteiger charge is -2.29. The summed E-state index contributed by atoms with van der Waals surface area (Å²) in [6.07, 6.45) is 2.32. The van der Waals surface area contributed by atoms with Gasteiger partial charge < -0.3 is 10.1 Å². The van der Waals surface area contributed by atoms with Crippen LogP contribution in [0.25, 0.3) is 0 Å². The minimum absolute atomic E-state index is 0.0194. The van der Waals surface area contributed by atoms with Gasteiger partial charge in [-0.3, -0.25) is 19.8 Å². The van der Waals surface area contributed by atoms with Crippen molar-refractivity contribution >= 4 is 17.9 Å². The van der Waals surface area contributed by atoms with E-state index in [1.54, 1.807) is 6.92 Å². The van der Waals surface area contributed by atoms with Crippen LogP contribution in [0.4, 0.5) is 4.79 Å². The molecule has 0 radical (unpaired) electrons. The summed E-state index contributed by atoms with van der Waals surface area (Å²) < 4.78 is 5.23. The Morgan fingerprint density at radius 2 is 1.92 bits per heavy atom. The Balaban J connectivity index is 2.14. The minimum atomic E-state index is -0.559. The van der Waals surface area contributed by atoms with Crippen molar-refractivity contribution in [1.29, 1.82) is 0 Å². The first-order valence-electron chi connectivity index (χ1n) is 8.53. The van der Waals surface area contributed by atoms with Gasteiger partial charge in [0.25, 0.3) is 0 Å². The number of nitrogens with one attached hydrogen (secondary N) is 2. The van der Waals surface area contributed by atoms with Gasteiger partial charge in [-0.25, -0.2) is 4.79 Å². The molecule has 1 unspecified atom stereocenters. The zero-order valence-corrected chi connectivity index (χ0v) is 14.7. The second kappa shape index (κ2) is 9.17. The molecule has 25 heavy (non-hydrogen) atoms. The molecule has 0 bridgehead atoms. The van der Waals surface area contributed by atoms with Crippen molar-refractivity contribution in [3.63, 3.8) is 0 Å². The van der Waals surface area contributed by atoms with Gasteiger partial charge in [-0.15, -0.1) is 0 Å². The van der Waals surface area contributed by atoms with Crippen molar-refractivity contribution in [2.24, 2.45) is 0 Å². The molecule has 1 aromatic rings. The van der Waals surface area contributed by atoms with Crippen LogP contribution in [0.3, 0.4) is 0 Å². The van der Waals surface area contributed by atoms with Crippen molar-refractivity contribution < 1.29 is 19.1 Å². The molecule has 2 N–H and O–H groups in total. The lowest BCUT2D eigenvalue weighted by atomic mass is 10.0. The molecule has 136 valence electrons. The molecule has 1 aliphatic carbocycles. The SMILES string of the molecule is CCOC(=O)C(Cc1ccccc1)N(CC(=O)NC(=O)NC)C1CC1. The number of esters is 1. The van der Waals surface area contributed by atoms with E-state index in [0.717, 1.165) is 18.4 Å². The molecule has 0 saturated heterocycles. The van der Waals surface area contributed by atoms with E-state index < -0.39 is 18.0 Å². The molecule has 2 rings (SSSR count). The zero-order valence-electron chi connectivity index (χ0n) is 14.7. The van der Waals surface area contributed by atoms with Crippen LogP contribution in [0.1, 0.15) is 25.3 Å². The number of amides is 3. The summed E-state index contributed by atoms with van der Waals surface area (Å²) in [6, 6.07) is 8.69. The number of hydrogen-bond acceptors (Lipinski definition) is 5. The highest BCUT2D eigenvalue weighted by molar-refractivity contribution is 5.95. The Kier molecular flexibility index (Phi) is 6.94. The Bertz CT molecular complexity index is 602. The fourth-order valence-corrected chi connectivity index (χ4v) is 2.71. The molecule has 1 aliphatic rings. The first kappa shape index (κ1) is 18.9. The Morgan fingerprint density at radius 3 is 2.48 bits per heavy atom. The average molecular weight is 347 g/mol. The number of carbonyl (C=O) groups is 3. The zero-order chi connectivity index (χ0) is 18.2. The van der Waals surface area contributed by atoms with Crippen molar-refractivity contribution in [1.82, 2.24) is 15.5 Å². The van der Waals surface area contributed by atoms with Crippen molar-refractivity contribution in [2.45, 2.75) is 38.3 Å². The van der Waals surface area contributed by atoms with E-state index in [-0.39, 0.29) is 25.2 Å². The van der Waals surface area contributed by atoms with E-state index in [1.807, 2.05) is 35.2 Å². The summed E-state index contributed by atoms with van der Waals surface area (Å²) in [5.41, 5.74) is 0.998. The van der Waals surface area contributed by atoms with Crippen LogP contribution in [0, 0.1) is 0 Å². The smallest absolute Gasteiger partial charge is 0.323 e. The Labute approximate surface area is 147 Å². The number of carbonyl (C=O) groups excluding carboxylic acids is 3. The quantitative estimate of drug-likeness (QED) is 0.687. The number of benzene rings is 1. The summed E-state index contributed by atoms with van der Waals surface area (Å²) >= 11 is 0. The molecule has 0 spiro atoms. The van der Waals surface area contributed by atoms with E-state index in [4.69, 9.17) is 4.74 Å². The molecule has 1 saturated carbocycles. The van der Waals surface area contributed by atoms with Gasteiger partial charge in [-0.05, 0) is 31.7 Å². The van der Waals surface area contributed by atoms with Gasteiger partial charge in [0.2, 0.25) is 5.91 Å². The fourth-order valence-electron chi connectivity index (χ4n) is 2.71. The molecule has 3 amide bonds. The topological polar surface area (TPSA) is 87.7 Å². The summed E-state index contributed by atoms with van der Waals surface area (Å²) in [5.74, 6) is -0.778. The van der Waals surface area contributed by atoms with Crippen LogP contribution in [0.2, 0.25) is 0 Å². The maximum atomic E-state index is 12.5. The number of rotatable bonds is 8. The van der Waals surface area contributed by atoms with E-state index in [1.165, 1.54) is 7.05 Å². The highest BCUT2D eigenvalue weighted by Crippen LogP contribution is 2.30. The fraction of sp³-hybridized carbons (Fsp3) is 0.500. The van der Waals surface area contributed by atoms with E-state index >= 15 is 0 Å². The summed E-state index contributed by atoms with van der Waals surface area (Å²) in [5, 5.41) is 4.59. The standard InChI is InChI=1S/C18H25N3O4/c1-3-25-17(23)15(11-13-7-5-4-6-8-13)21(14-9-10-14)12-16(22)20-18(24)19-2/h4-8,14-15H,3,9-12H2,1-2H3,(H2,19,20,22,24). The molecule has 1 aromatic carbocycles. The molecule has 1 fully saturated rings. The molecule has 7 nitrogen and oxygen atoms in total. The molecule has 0 heterocycles. The predicted molar refractivity (Wildman–Crippen MR) is 92.9 cm³/mol. The van der Waals surface area contributed by atoms with Crippen LogP contribution in [-0.4, -0.2) is 55.1 Å². The molecular formula is C18H25N3O4. The highest BCUT2D eigenvalue weighted by atomic mass is 16.5. The van der Waals surface area contributed by atoms with Crippen molar-refractivity contribution in [3.05, 3.63) is 35.9 Å². The van der Waals surface area contributed by atoms with Crippen LogP contribution in [-0.2, 0) is 20.7 Å². The highest BCUT2D eigenvalue weighted by Gasteiger charge is 2.39. The monoisotopic (exact) mass is 347 g/mol. The normalized spacial score (nSPS) is 14.7. The summed E-state index contributed by atoms with van der Waals surface area (Å²) in [4.78, 5) is 37.8. The maximum absolute atomic E-state index is 12.5. The third kappa shape index (κ3) is 5.86. The third-order valence-electron chi connectivity index (χ3n) is 4.05. The second-order valence-corrected chi connectivity index (χ2v) is 5.99. The van der Waals surface area contributed by atoms with Gasteiger partial charge in [-0.1, -0.05) is 30.3 Å². The molecular weight excluding hydrogens is 322 g/mol. The Morgan fingerprint density at radius 1 is 1.24 bits per heavy atom. The van der Waals surface area contributed by atoms with Gasteiger partial charge >= 0.3 is 12.0 Å². The van der Waals surface area contributed by atoms with E-state index in [9.17, 15) is 14.4 Å². The van der Waals surface area contributed by atoms with E-state index in [2.05, 4.69) is 10.6 Å². The van der Waals surface area contributed by atoms with Gasteiger partial charge in [-0.2, -0.15) is 0 Å². The minimum Gasteiger partial charge on any atom is -0.465 e. The second-order valence-electron chi connectivity index (χ2n) is 5.99. The Hall–Kier alpha value is -2.41. The average Bonchev–Trinajstić information content (AvgIpc) is 3.44. The molecule has 0 aliphatic heterocycles. The summed E-state index contributed by atoms with van der Waals surface area (Å²) in [7, 11) is 1.44. The number of imide groups is 1.